The molecule has 5 heteroatoms. The van der Waals surface area contributed by atoms with E-state index >= 15 is 0 Å². The van der Waals surface area contributed by atoms with Crippen LogP contribution in [0.2, 0.25) is 0 Å². The van der Waals surface area contributed by atoms with Crippen molar-refractivity contribution in [1.29, 1.82) is 0 Å². The third-order valence-electron chi connectivity index (χ3n) is 8.36. The van der Waals surface area contributed by atoms with Gasteiger partial charge in [0, 0.05) is 6.42 Å². The molecule has 0 aromatic carbocycles. The molecule has 0 amide bonds. The second-order valence-corrected chi connectivity index (χ2v) is 12.2. The van der Waals surface area contributed by atoms with Crippen molar-refractivity contribution in [3.63, 3.8) is 0 Å². The zero-order valence-electron chi connectivity index (χ0n) is 26.2. The fourth-order valence-electron chi connectivity index (χ4n) is 5.49. The Morgan fingerprint density at radius 1 is 0.513 bits per heavy atom. The maximum atomic E-state index is 12.4. The van der Waals surface area contributed by atoms with Gasteiger partial charge in [-0.25, -0.2) is 0 Å². The van der Waals surface area contributed by atoms with Crippen LogP contribution < -0.4 is 5.73 Å². The van der Waals surface area contributed by atoms with Crippen molar-refractivity contribution in [3.05, 3.63) is 0 Å². The van der Waals surface area contributed by atoms with Crippen LogP contribution >= 0.6 is 0 Å². The first-order chi connectivity index (χ1) is 19.0. The monoisotopic (exact) mass is 556 g/mol. The predicted octanol–water partition coefficient (Wildman–Crippen LogP) is 8.54. The zero-order chi connectivity index (χ0) is 29.0. The minimum absolute atomic E-state index is 0.286. The Labute approximate surface area is 243 Å². The van der Waals surface area contributed by atoms with Crippen molar-refractivity contribution in [2.45, 2.75) is 212 Å². The summed E-state index contributed by atoms with van der Waals surface area (Å²) in [6.07, 6.45) is 28.1. The molecule has 0 bridgehead atoms. The van der Waals surface area contributed by atoms with Crippen molar-refractivity contribution in [1.82, 2.24) is 0 Å². The number of aliphatic hydroxyl groups is 3. The molecule has 0 heterocycles. The van der Waals surface area contributed by atoms with Gasteiger partial charge in [0.15, 0.2) is 5.78 Å². The fraction of sp³-hybridized carbons (Fsp3) is 0.971. The van der Waals surface area contributed by atoms with Gasteiger partial charge in [-0.05, 0) is 12.8 Å². The Morgan fingerprint density at radius 2 is 0.821 bits per heavy atom. The quantitative estimate of drug-likeness (QED) is 0.0642. The van der Waals surface area contributed by atoms with Crippen LogP contribution in [0.1, 0.15) is 187 Å². The topological polar surface area (TPSA) is 104 Å². The lowest BCUT2D eigenvalue weighted by molar-refractivity contribution is -0.131. The lowest BCUT2D eigenvalue weighted by Crippen LogP contribution is -2.52. The smallest absolute Gasteiger partial charge is 0.162 e. The number of rotatable bonds is 31. The molecule has 0 aromatic heterocycles. The van der Waals surface area contributed by atoms with Crippen molar-refractivity contribution >= 4 is 5.78 Å². The standard InChI is InChI=1S/C34H69NO4/c1-3-5-7-9-11-13-15-17-19-21-23-25-27-29-31(37)34(39)32(35)33(38)30(36)28-26-24-22-20-18-16-14-12-10-8-6-4-2/h30,32-34,36,38-39H,3-29,35H2,1-2H3/t30-,32-,33-,34?/m1/s1. The number of hydrogen-bond donors (Lipinski definition) is 4. The SMILES string of the molecule is CCCCCCCCCCCCCCCC(=O)C(O)[C@H](N)[C@H](O)[C@H](O)CCCCCCCCCCCCCC. The number of Topliss-reactive ketones (excluding diaryl/α,β-unsaturated/α-hetero) is 1. The highest BCUT2D eigenvalue weighted by Gasteiger charge is 2.32. The van der Waals surface area contributed by atoms with E-state index in [0.717, 1.165) is 38.5 Å². The predicted molar refractivity (Wildman–Crippen MR) is 167 cm³/mol. The van der Waals surface area contributed by atoms with Crippen LogP contribution in [0.5, 0.6) is 0 Å². The molecule has 0 radical (unpaired) electrons. The van der Waals surface area contributed by atoms with Crippen LogP contribution in [-0.4, -0.2) is 45.5 Å². The number of aliphatic hydroxyl groups excluding tert-OH is 3. The number of ketones is 1. The summed E-state index contributed by atoms with van der Waals surface area (Å²) in [7, 11) is 0. The minimum Gasteiger partial charge on any atom is -0.390 e. The first-order valence-corrected chi connectivity index (χ1v) is 17.3. The fourth-order valence-corrected chi connectivity index (χ4v) is 5.49. The molecule has 0 spiro atoms. The number of hydrogen-bond acceptors (Lipinski definition) is 5. The maximum Gasteiger partial charge on any atom is 0.162 e. The highest BCUT2D eigenvalue weighted by Crippen LogP contribution is 2.17. The molecule has 4 atom stereocenters. The Bertz CT molecular complexity index is 515. The average molecular weight is 556 g/mol. The average Bonchev–Trinajstić information content (AvgIpc) is 2.94. The molecule has 0 aliphatic heterocycles. The molecular weight excluding hydrogens is 486 g/mol. The maximum absolute atomic E-state index is 12.4. The number of carbonyl (C=O) groups excluding carboxylic acids is 1. The second kappa shape index (κ2) is 29.0. The minimum atomic E-state index is -1.41. The Kier molecular flexibility index (Phi) is 28.7. The summed E-state index contributed by atoms with van der Waals surface area (Å²) in [5, 5.41) is 31.0. The molecule has 0 saturated heterocycles. The highest BCUT2D eigenvalue weighted by atomic mass is 16.3. The Hall–Kier alpha value is -0.490. The van der Waals surface area contributed by atoms with Crippen LogP contribution in [0.25, 0.3) is 0 Å². The van der Waals surface area contributed by atoms with Gasteiger partial charge >= 0.3 is 0 Å². The van der Waals surface area contributed by atoms with E-state index in [1.807, 2.05) is 0 Å². The normalized spacial score (nSPS) is 14.8. The first kappa shape index (κ1) is 38.5. The third-order valence-corrected chi connectivity index (χ3v) is 8.36. The van der Waals surface area contributed by atoms with Crippen LogP contribution in [-0.2, 0) is 4.79 Å². The van der Waals surface area contributed by atoms with E-state index in [9.17, 15) is 20.1 Å². The van der Waals surface area contributed by atoms with Crippen molar-refractivity contribution in [2.75, 3.05) is 0 Å². The summed E-state index contributed by atoms with van der Waals surface area (Å²) in [6.45, 7) is 4.50. The van der Waals surface area contributed by atoms with Gasteiger partial charge in [0.2, 0.25) is 0 Å². The molecule has 0 aliphatic rings. The van der Waals surface area contributed by atoms with E-state index in [4.69, 9.17) is 5.73 Å². The van der Waals surface area contributed by atoms with Gasteiger partial charge in [0.1, 0.15) is 6.10 Å². The summed E-state index contributed by atoms with van der Waals surface area (Å²) in [5.74, 6) is -0.317. The number of carbonyl (C=O) groups is 1. The molecule has 0 rings (SSSR count). The molecule has 1 unspecified atom stereocenters. The van der Waals surface area contributed by atoms with E-state index in [-0.39, 0.29) is 12.2 Å². The van der Waals surface area contributed by atoms with Gasteiger partial charge < -0.3 is 21.1 Å². The first-order valence-electron chi connectivity index (χ1n) is 17.3. The molecular formula is C34H69NO4. The van der Waals surface area contributed by atoms with Crippen LogP contribution in [0.15, 0.2) is 0 Å². The molecule has 5 nitrogen and oxygen atoms in total. The van der Waals surface area contributed by atoms with Gasteiger partial charge in [-0.2, -0.15) is 0 Å². The van der Waals surface area contributed by atoms with E-state index < -0.39 is 24.4 Å². The summed E-state index contributed by atoms with van der Waals surface area (Å²) in [5.41, 5.74) is 5.96. The van der Waals surface area contributed by atoms with E-state index in [1.165, 1.54) is 122 Å². The highest BCUT2D eigenvalue weighted by molar-refractivity contribution is 5.83. The van der Waals surface area contributed by atoms with Gasteiger partial charge in [-0.1, -0.05) is 168 Å². The zero-order valence-corrected chi connectivity index (χ0v) is 26.2. The summed E-state index contributed by atoms with van der Waals surface area (Å²) >= 11 is 0. The Balaban J connectivity index is 3.71. The summed E-state index contributed by atoms with van der Waals surface area (Å²) in [4.78, 5) is 12.4. The van der Waals surface area contributed by atoms with Crippen LogP contribution in [0, 0.1) is 0 Å². The van der Waals surface area contributed by atoms with Crippen LogP contribution in [0.3, 0.4) is 0 Å². The molecule has 5 N–H and O–H groups in total. The van der Waals surface area contributed by atoms with E-state index in [0.29, 0.717) is 6.42 Å². The van der Waals surface area contributed by atoms with Crippen molar-refractivity contribution in [2.24, 2.45) is 5.73 Å². The van der Waals surface area contributed by atoms with Gasteiger partial charge in [0.05, 0.1) is 18.2 Å². The van der Waals surface area contributed by atoms with Crippen LogP contribution in [0.4, 0.5) is 0 Å². The molecule has 39 heavy (non-hydrogen) atoms. The number of unbranched alkanes of at least 4 members (excludes halogenated alkanes) is 23. The molecule has 234 valence electrons. The summed E-state index contributed by atoms with van der Waals surface area (Å²) in [6, 6.07) is -1.13. The largest absolute Gasteiger partial charge is 0.390 e. The second-order valence-electron chi connectivity index (χ2n) is 12.2. The lowest BCUT2D eigenvalue weighted by atomic mass is 9.93. The van der Waals surface area contributed by atoms with E-state index in [1.54, 1.807) is 0 Å². The van der Waals surface area contributed by atoms with Crippen molar-refractivity contribution < 1.29 is 20.1 Å². The third kappa shape index (κ3) is 23.9. The van der Waals surface area contributed by atoms with E-state index in [2.05, 4.69) is 13.8 Å². The lowest BCUT2D eigenvalue weighted by Gasteiger charge is -2.27. The van der Waals surface area contributed by atoms with Crippen molar-refractivity contribution in [3.8, 4) is 0 Å². The molecule has 0 aliphatic carbocycles. The molecule has 0 saturated carbocycles. The molecule has 0 aromatic rings. The van der Waals surface area contributed by atoms with Gasteiger partial charge in [-0.3, -0.25) is 4.79 Å². The molecule has 0 fully saturated rings. The summed E-state index contributed by atoms with van der Waals surface area (Å²) < 4.78 is 0. The van der Waals surface area contributed by atoms with Gasteiger partial charge in [-0.15, -0.1) is 0 Å². The number of nitrogens with two attached hydrogens (primary N) is 1. The Morgan fingerprint density at radius 3 is 1.18 bits per heavy atom. The van der Waals surface area contributed by atoms with Gasteiger partial charge in [0.25, 0.3) is 0 Å².